The number of aliphatic imine (C=N–C) groups is 1. The second-order valence-electron chi connectivity index (χ2n) is 4.16. The van der Waals surface area contributed by atoms with Gasteiger partial charge in [0, 0.05) is 16.8 Å². The first-order valence-electron chi connectivity index (χ1n) is 6.37. The van der Waals surface area contributed by atoms with E-state index < -0.39 is 0 Å². The summed E-state index contributed by atoms with van der Waals surface area (Å²) in [6.07, 6.45) is 3.59. The molecular weight excluding hydrogens is 314 g/mol. The summed E-state index contributed by atoms with van der Waals surface area (Å²) in [5.74, 6) is 6.12. The lowest BCUT2D eigenvalue weighted by atomic mass is 10.1. The van der Waals surface area contributed by atoms with E-state index in [4.69, 9.17) is 16.9 Å². The lowest BCUT2D eigenvalue weighted by molar-refractivity contribution is 1.44. The van der Waals surface area contributed by atoms with Crippen LogP contribution in [0, 0.1) is 23.3 Å². The van der Waals surface area contributed by atoms with Crippen LogP contribution < -0.4 is 5.32 Å². The minimum atomic E-state index is 0.515. The average Bonchev–Trinajstić information content (AvgIpc) is 2.54. The van der Waals surface area contributed by atoms with Crippen molar-refractivity contribution in [1.29, 1.82) is 5.26 Å². The quantitative estimate of drug-likeness (QED) is 0.367. The van der Waals surface area contributed by atoms with Crippen molar-refractivity contribution in [2.45, 2.75) is 0 Å². The molecule has 0 amide bonds. The van der Waals surface area contributed by atoms with E-state index in [-0.39, 0.29) is 0 Å². The Kier molecular flexibility index (Phi) is 5.91. The molecule has 0 aromatic heterocycles. The van der Waals surface area contributed by atoms with Gasteiger partial charge in [-0.1, -0.05) is 53.4 Å². The summed E-state index contributed by atoms with van der Waals surface area (Å²) in [5.41, 5.74) is 2.45. The van der Waals surface area contributed by atoms with Crippen LogP contribution in [0.2, 0.25) is 5.02 Å². The number of hydrogen-bond donors (Lipinski definition) is 1. The minimum Gasteiger partial charge on any atom is -0.334 e. The summed E-state index contributed by atoms with van der Waals surface area (Å²) in [4.78, 5) is 3.67. The highest BCUT2D eigenvalue weighted by atomic mass is 35.5. The van der Waals surface area contributed by atoms with Crippen LogP contribution in [0.3, 0.4) is 0 Å². The molecule has 108 valence electrons. The first kappa shape index (κ1) is 16.0. The van der Waals surface area contributed by atoms with Crippen molar-refractivity contribution >= 4 is 34.2 Å². The highest BCUT2D eigenvalue weighted by Gasteiger charge is 2.02. The molecule has 5 heteroatoms. The van der Waals surface area contributed by atoms with Crippen LogP contribution in [0.4, 0.5) is 5.69 Å². The summed E-state index contributed by atoms with van der Waals surface area (Å²) in [6.45, 7) is 0. The molecule has 2 rings (SSSR count). The molecule has 0 saturated heterocycles. The molecule has 0 atom stereocenters. The number of amidine groups is 1. The fraction of sp³-hybridized carbons (Fsp3) is 0.0588. The molecule has 0 spiro atoms. The third-order valence-electron chi connectivity index (χ3n) is 2.68. The number of thioether (sulfide) groups is 1. The third kappa shape index (κ3) is 4.56. The predicted molar refractivity (Wildman–Crippen MR) is 94.1 cm³/mol. The standard InChI is InChI=1S/C17H12ClN3S/c1-22-17(20-12-19)21-15-10-9-14(16(18)11-15)8-7-13-5-3-2-4-6-13/h2-6,9-11H,1H3,(H,20,21). The van der Waals surface area contributed by atoms with Crippen molar-refractivity contribution in [3.05, 3.63) is 64.7 Å². The van der Waals surface area contributed by atoms with E-state index in [1.807, 2.05) is 48.7 Å². The number of benzene rings is 2. The summed E-state index contributed by atoms with van der Waals surface area (Å²) in [5, 5.41) is 12.7. The molecule has 0 bridgehead atoms. The second-order valence-corrected chi connectivity index (χ2v) is 5.36. The molecule has 0 aliphatic heterocycles. The van der Waals surface area contributed by atoms with Gasteiger partial charge >= 0.3 is 0 Å². The molecule has 0 aliphatic carbocycles. The first-order valence-corrected chi connectivity index (χ1v) is 7.97. The number of hydrogen-bond acceptors (Lipinski definition) is 3. The Morgan fingerprint density at radius 3 is 2.59 bits per heavy atom. The largest absolute Gasteiger partial charge is 0.334 e. The van der Waals surface area contributed by atoms with Crippen LogP contribution in [0.1, 0.15) is 11.1 Å². The van der Waals surface area contributed by atoms with E-state index >= 15 is 0 Å². The Morgan fingerprint density at radius 1 is 1.18 bits per heavy atom. The van der Waals surface area contributed by atoms with Crippen LogP contribution in [-0.2, 0) is 0 Å². The molecule has 2 aromatic carbocycles. The smallest absolute Gasteiger partial charge is 0.208 e. The van der Waals surface area contributed by atoms with Gasteiger partial charge < -0.3 is 5.32 Å². The molecule has 0 radical (unpaired) electrons. The van der Waals surface area contributed by atoms with Gasteiger partial charge in [-0.25, -0.2) is 0 Å². The average molecular weight is 326 g/mol. The normalized spacial score (nSPS) is 10.3. The molecule has 2 aromatic rings. The van der Waals surface area contributed by atoms with Crippen molar-refractivity contribution in [3.8, 4) is 18.0 Å². The molecule has 0 fully saturated rings. The number of rotatable bonds is 1. The summed E-state index contributed by atoms with van der Waals surface area (Å²) < 4.78 is 0. The van der Waals surface area contributed by atoms with Crippen molar-refractivity contribution in [3.63, 3.8) is 0 Å². The minimum absolute atomic E-state index is 0.515. The fourth-order valence-corrected chi connectivity index (χ4v) is 2.23. The summed E-state index contributed by atoms with van der Waals surface area (Å²) in [6, 6.07) is 15.2. The van der Waals surface area contributed by atoms with Gasteiger partial charge in [-0.05, 0) is 36.6 Å². The lowest BCUT2D eigenvalue weighted by Crippen LogP contribution is -2.06. The highest BCUT2D eigenvalue weighted by Crippen LogP contribution is 2.21. The van der Waals surface area contributed by atoms with E-state index in [1.54, 1.807) is 12.3 Å². The molecular formula is C17H12ClN3S. The lowest BCUT2D eigenvalue weighted by Gasteiger charge is -2.06. The van der Waals surface area contributed by atoms with E-state index in [0.717, 1.165) is 16.8 Å². The van der Waals surface area contributed by atoms with Gasteiger partial charge in [0.1, 0.15) is 0 Å². The summed E-state index contributed by atoms with van der Waals surface area (Å²) in [7, 11) is 0. The maximum absolute atomic E-state index is 8.59. The van der Waals surface area contributed by atoms with Gasteiger partial charge in [-0.3, -0.25) is 0 Å². The molecule has 1 N–H and O–H groups in total. The van der Waals surface area contributed by atoms with Gasteiger partial charge in [-0.15, -0.1) is 4.99 Å². The van der Waals surface area contributed by atoms with E-state index in [1.165, 1.54) is 11.8 Å². The maximum Gasteiger partial charge on any atom is 0.208 e. The second kappa shape index (κ2) is 8.14. The number of halogens is 1. The zero-order valence-corrected chi connectivity index (χ0v) is 13.4. The molecule has 0 saturated carbocycles. The maximum atomic E-state index is 8.59. The number of nitrogens with zero attached hydrogens (tertiary/aromatic N) is 2. The van der Waals surface area contributed by atoms with Crippen LogP contribution >= 0.6 is 23.4 Å². The molecule has 22 heavy (non-hydrogen) atoms. The zero-order chi connectivity index (χ0) is 15.8. The van der Waals surface area contributed by atoms with Gasteiger partial charge in [0.15, 0.2) is 5.17 Å². The third-order valence-corrected chi connectivity index (χ3v) is 3.57. The Labute approximate surface area is 139 Å². The van der Waals surface area contributed by atoms with E-state index in [9.17, 15) is 0 Å². The zero-order valence-electron chi connectivity index (χ0n) is 11.8. The van der Waals surface area contributed by atoms with Crippen LogP contribution in [-0.4, -0.2) is 11.4 Å². The van der Waals surface area contributed by atoms with Gasteiger partial charge in [-0.2, -0.15) is 5.26 Å². The number of anilines is 1. The highest BCUT2D eigenvalue weighted by molar-refractivity contribution is 8.13. The SMILES string of the molecule is CS/C(=N\C#N)Nc1ccc(C#Cc2ccccc2)c(Cl)c1. The number of nitriles is 1. The Bertz CT molecular complexity index is 783. The van der Waals surface area contributed by atoms with Crippen LogP contribution in [0.5, 0.6) is 0 Å². The van der Waals surface area contributed by atoms with Crippen molar-refractivity contribution in [2.75, 3.05) is 11.6 Å². The fourth-order valence-electron chi connectivity index (χ4n) is 1.65. The van der Waals surface area contributed by atoms with Crippen molar-refractivity contribution in [2.24, 2.45) is 4.99 Å². The van der Waals surface area contributed by atoms with E-state index in [0.29, 0.717) is 10.2 Å². The Hall–Kier alpha value is -2.40. The Balaban J connectivity index is 2.19. The molecule has 0 aliphatic rings. The van der Waals surface area contributed by atoms with Crippen LogP contribution in [0.15, 0.2) is 53.5 Å². The van der Waals surface area contributed by atoms with Crippen molar-refractivity contribution in [1.82, 2.24) is 0 Å². The van der Waals surface area contributed by atoms with Crippen molar-refractivity contribution < 1.29 is 0 Å². The Morgan fingerprint density at radius 2 is 1.95 bits per heavy atom. The molecule has 0 heterocycles. The van der Waals surface area contributed by atoms with Crippen LogP contribution in [0.25, 0.3) is 0 Å². The summed E-state index contributed by atoms with van der Waals surface area (Å²) >= 11 is 7.60. The monoisotopic (exact) mass is 325 g/mol. The first-order chi connectivity index (χ1) is 10.7. The molecule has 0 unspecified atom stereocenters. The van der Waals surface area contributed by atoms with Gasteiger partial charge in [0.05, 0.1) is 5.02 Å². The van der Waals surface area contributed by atoms with Gasteiger partial charge in [0.2, 0.25) is 6.19 Å². The van der Waals surface area contributed by atoms with E-state index in [2.05, 4.69) is 22.2 Å². The predicted octanol–water partition coefficient (Wildman–Crippen LogP) is 4.35. The van der Waals surface area contributed by atoms with Gasteiger partial charge in [0.25, 0.3) is 0 Å². The number of nitrogens with one attached hydrogen (secondary N) is 1. The molecule has 3 nitrogen and oxygen atoms in total. The topological polar surface area (TPSA) is 48.2 Å².